The summed E-state index contributed by atoms with van der Waals surface area (Å²) in [7, 11) is 0. The molecule has 1 amide bonds. The van der Waals surface area contributed by atoms with Crippen molar-refractivity contribution >= 4 is 5.91 Å². The molecule has 0 spiro atoms. The Balaban J connectivity index is 1.49. The number of nitrogens with zero attached hydrogens (tertiary/aromatic N) is 3. The number of nitrogens with one attached hydrogen (secondary N) is 1. The molecule has 3 heterocycles. The third-order valence-electron chi connectivity index (χ3n) is 4.48. The largest absolute Gasteiger partial charge is 0.356 e. The number of rotatable bonds is 3. The zero-order valence-electron chi connectivity index (χ0n) is 13.8. The number of H-pyrrole nitrogens is 1. The van der Waals surface area contributed by atoms with Gasteiger partial charge in [-0.2, -0.15) is 4.98 Å². The fourth-order valence-corrected chi connectivity index (χ4v) is 3.15. The molecular formula is C18H16F2N4O2. The predicted molar refractivity (Wildman–Crippen MR) is 88.3 cm³/mol. The highest BCUT2D eigenvalue weighted by Crippen LogP contribution is 2.28. The first-order chi connectivity index (χ1) is 12.6. The molecule has 0 saturated carbocycles. The molecule has 0 aliphatic carbocycles. The number of hydrogen-bond acceptors (Lipinski definition) is 4. The number of piperidine rings is 1. The molecule has 1 aliphatic rings. The molecule has 1 aliphatic heterocycles. The molecule has 0 radical (unpaired) electrons. The van der Waals surface area contributed by atoms with Crippen molar-refractivity contribution in [3.05, 3.63) is 59.6 Å². The maximum absolute atomic E-state index is 13.1. The number of aromatic nitrogens is 3. The van der Waals surface area contributed by atoms with E-state index in [9.17, 15) is 13.6 Å². The summed E-state index contributed by atoms with van der Waals surface area (Å²) in [4.78, 5) is 21.4. The van der Waals surface area contributed by atoms with Crippen molar-refractivity contribution in [3.8, 4) is 11.5 Å². The van der Waals surface area contributed by atoms with Gasteiger partial charge in [-0.3, -0.25) is 4.79 Å². The highest BCUT2D eigenvalue weighted by Gasteiger charge is 2.29. The Kier molecular flexibility index (Phi) is 4.24. The van der Waals surface area contributed by atoms with Crippen LogP contribution in [0, 0.1) is 11.6 Å². The van der Waals surface area contributed by atoms with E-state index in [2.05, 4.69) is 15.1 Å². The third-order valence-corrected chi connectivity index (χ3v) is 4.48. The van der Waals surface area contributed by atoms with Gasteiger partial charge in [0.25, 0.3) is 5.91 Å². The fraction of sp³-hybridized carbons (Fsp3) is 0.278. The van der Waals surface area contributed by atoms with Gasteiger partial charge < -0.3 is 14.4 Å². The van der Waals surface area contributed by atoms with Crippen molar-refractivity contribution in [1.29, 1.82) is 0 Å². The Morgan fingerprint density at radius 1 is 1.23 bits per heavy atom. The fourth-order valence-electron chi connectivity index (χ4n) is 3.15. The molecule has 1 saturated heterocycles. The molecule has 0 bridgehead atoms. The monoisotopic (exact) mass is 358 g/mol. The summed E-state index contributed by atoms with van der Waals surface area (Å²) < 4.78 is 31.5. The van der Waals surface area contributed by atoms with Crippen LogP contribution in [0.1, 0.15) is 35.0 Å². The van der Waals surface area contributed by atoms with Crippen LogP contribution in [0.15, 0.2) is 41.1 Å². The van der Waals surface area contributed by atoms with E-state index < -0.39 is 5.82 Å². The second-order valence-electron chi connectivity index (χ2n) is 6.29. The lowest BCUT2D eigenvalue weighted by Crippen LogP contribution is -2.39. The van der Waals surface area contributed by atoms with E-state index in [4.69, 9.17) is 4.52 Å². The number of carbonyl (C=O) groups is 1. The first-order valence-electron chi connectivity index (χ1n) is 8.33. The molecule has 1 fully saturated rings. The number of hydrogen-bond donors (Lipinski definition) is 1. The minimum Gasteiger partial charge on any atom is -0.356 e. The van der Waals surface area contributed by atoms with Crippen LogP contribution in [0.5, 0.6) is 0 Å². The second-order valence-corrected chi connectivity index (χ2v) is 6.29. The van der Waals surface area contributed by atoms with Crippen LogP contribution in [0.3, 0.4) is 0 Å². The summed E-state index contributed by atoms with van der Waals surface area (Å²) in [5, 5.41) is 3.88. The molecule has 26 heavy (non-hydrogen) atoms. The first kappa shape index (κ1) is 16.4. The van der Waals surface area contributed by atoms with Crippen LogP contribution < -0.4 is 0 Å². The van der Waals surface area contributed by atoms with Crippen molar-refractivity contribution < 1.29 is 18.1 Å². The molecule has 1 aromatic carbocycles. The summed E-state index contributed by atoms with van der Waals surface area (Å²) in [5.74, 6) is -0.315. The Labute approximate surface area is 147 Å². The maximum Gasteiger partial charge on any atom is 0.253 e. The Bertz CT molecular complexity index is 919. The second kappa shape index (κ2) is 6.70. The lowest BCUT2D eigenvalue weighted by molar-refractivity contribution is 0.0695. The molecular weight excluding hydrogens is 342 g/mol. The van der Waals surface area contributed by atoms with E-state index >= 15 is 0 Å². The number of aromatic amines is 1. The highest BCUT2D eigenvalue weighted by atomic mass is 19.1. The van der Waals surface area contributed by atoms with Gasteiger partial charge in [0.2, 0.25) is 11.7 Å². The molecule has 8 heteroatoms. The van der Waals surface area contributed by atoms with Crippen LogP contribution in [0.2, 0.25) is 0 Å². The molecule has 6 nitrogen and oxygen atoms in total. The molecule has 1 N–H and O–H groups in total. The molecule has 1 unspecified atom stereocenters. The maximum atomic E-state index is 13.1. The average Bonchev–Trinajstić information content (AvgIpc) is 3.31. The lowest BCUT2D eigenvalue weighted by atomic mass is 9.97. The first-order valence-corrected chi connectivity index (χ1v) is 8.33. The summed E-state index contributed by atoms with van der Waals surface area (Å²) in [6.07, 6.45) is 2.83. The van der Waals surface area contributed by atoms with Gasteiger partial charge in [0, 0.05) is 30.9 Å². The van der Waals surface area contributed by atoms with Crippen molar-refractivity contribution in [2.24, 2.45) is 0 Å². The van der Waals surface area contributed by atoms with Crippen LogP contribution in [0.25, 0.3) is 11.5 Å². The smallest absolute Gasteiger partial charge is 0.253 e. The quantitative estimate of drug-likeness (QED) is 0.779. The van der Waals surface area contributed by atoms with Crippen molar-refractivity contribution in [3.63, 3.8) is 0 Å². The van der Waals surface area contributed by atoms with E-state index in [0.717, 1.165) is 12.8 Å². The molecule has 3 aromatic rings. The van der Waals surface area contributed by atoms with E-state index in [-0.39, 0.29) is 23.5 Å². The van der Waals surface area contributed by atoms with Crippen LogP contribution in [-0.4, -0.2) is 39.0 Å². The summed E-state index contributed by atoms with van der Waals surface area (Å²) in [5.41, 5.74) is 0.882. The van der Waals surface area contributed by atoms with Crippen LogP contribution >= 0.6 is 0 Å². The van der Waals surface area contributed by atoms with Gasteiger partial charge in [-0.1, -0.05) is 5.16 Å². The van der Waals surface area contributed by atoms with Gasteiger partial charge in [-0.25, -0.2) is 8.78 Å². The number of amides is 1. The highest BCUT2D eigenvalue weighted by molar-refractivity contribution is 5.94. The van der Waals surface area contributed by atoms with Gasteiger partial charge in [-0.15, -0.1) is 0 Å². The lowest BCUT2D eigenvalue weighted by Gasteiger charge is -2.31. The number of carbonyl (C=O) groups excluding carboxylic acids is 1. The average molecular weight is 358 g/mol. The van der Waals surface area contributed by atoms with E-state index in [1.165, 1.54) is 36.5 Å². The summed E-state index contributed by atoms with van der Waals surface area (Å²) in [6, 6.07) is 6.79. The zero-order chi connectivity index (χ0) is 18.1. The summed E-state index contributed by atoms with van der Waals surface area (Å²) in [6.45, 7) is 1.06. The van der Waals surface area contributed by atoms with Crippen LogP contribution in [-0.2, 0) is 0 Å². The van der Waals surface area contributed by atoms with E-state index in [0.29, 0.717) is 30.2 Å². The minimum absolute atomic E-state index is 0.0887. The van der Waals surface area contributed by atoms with Gasteiger partial charge in [0.1, 0.15) is 11.6 Å². The molecule has 4 rings (SSSR count). The van der Waals surface area contributed by atoms with E-state index in [1.54, 1.807) is 4.90 Å². The van der Waals surface area contributed by atoms with Gasteiger partial charge in [0.05, 0.1) is 11.6 Å². The minimum atomic E-state index is -0.403. The Morgan fingerprint density at radius 3 is 2.77 bits per heavy atom. The predicted octanol–water partition coefficient (Wildman–Crippen LogP) is 3.36. The Morgan fingerprint density at radius 2 is 2.04 bits per heavy atom. The third kappa shape index (κ3) is 3.22. The van der Waals surface area contributed by atoms with E-state index in [1.807, 2.05) is 0 Å². The zero-order valence-corrected chi connectivity index (χ0v) is 13.8. The molecule has 134 valence electrons. The van der Waals surface area contributed by atoms with Crippen molar-refractivity contribution in [1.82, 2.24) is 20.0 Å². The topological polar surface area (TPSA) is 75.0 Å². The van der Waals surface area contributed by atoms with Crippen molar-refractivity contribution in [2.75, 3.05) is 13.1 Å². The summed E-state index contributed by atoms with van der Waals surface area (Å²) >= 11 is 0. The number of benzene rings is 1. The molecule has 2 aromatic heterocycles. The number of halogens is 2. The van der Waals surface area contributed by atoms with Crippen molar-refractivity contribution in [2.45, 2.75) is 18.8 Å². The number of likely N-dealkylation sites (tertiary alicyclic amines) is 1. The van der Waals surface area contributed by atoms with Gasteiger partial charge >= 0.3 is 0 Å². The Hall–Kier alpha value is -3.03. The SMILES string of the molecule is O=C(c1ccc(F)cc1)N1CCCC(c2nc(-c3cc(F)c[nH]3)no2)C1. The molecule has 1 atom stereocenters. The standard InChI is InChI=1S/C18H16F2N4O2/c19-13-5-3-11(4-6-13)18(25)24-7-1-2-12(10-24)17-22-16(23-26-17)15-8-14(20)9-21-15/h3-6,8-9,12,21H,1-2,7,10H2. The van der Waals surface area contributed by atoms with Gasteiger partial charge in [0.15, 0.2) is 0 Å². The van der Waals surface area contributed by atoms with Gasteiger partial charge in [-0.05, 0) is 37.1 Å². The van der Waals surface area contributed by atoms with Crippen LogP contribution in [0.4, 0.5) is 8.78 Å². The normalized spacial score (nSPS) is 17.5.